The van der Waals surface area contributed by atoms with Gasteiger partial charge in [0.1, 0.15) is 0 Å². The smallest absolute Gasteiger partial charge is 0.354 e. The molecular weight excluding hydrogens is 232 g/mol. The lowest BCUT2D eigenvalue weighted by Gasteiger charge is -2.35. The number of pyridine rings is 1. The Kier molecular flexibility index (Phi) is 4.28. The topological polar surface area (TPSA) is 62.7 Å². The molecule has 1 saturated heterocycles. The number of nitrogens with zero attached hydrogens (tertiary/aromatic N) is 2. The van der Waals surface area contributed by atoms with Crippen molar-refractivity contribution in [3.05, 3.63) is 29.6 Å². The molecular formula is C13H18N2O3. The van der Waals surface area contributed by atoms with Gasteiger partial charge in [0, 0.05) is 25.3 Å². The first-order chi connectivity index (χ1) is 8.72. The van der Waals surface area contributed by atoms with Crippen molar-refractivity contribution in [2.24, 2.45) is 0 Å². The van der Waals surface area contributed by atoms with Gasteiger partial charge in [-0.2, -0.15) is 0 Å². The molecule has 0 saturated carbocycles. The molecule has 0 aliphatic carbocycles. The fourth-order valence-corrected chi connectivity index (χ4v) is 2.25. The van der Waals surface area contributed by atoms with E-state index in [1.807, 2.05) is 6.07 Å². The molecule has 1 N–H and O–H groups in total. The average Bonchev–Trinajstić information content (AvgIpc) is 2.40. The van der Waals surface area contributed by atoms with Crippen LogP contribution in [0.5, 0.6) is 0 Å². The van der Waals surface area contributed by atoms with Crippen LogP contribution >= 0.6 is 0 Å². The van der Waals surface area contributed by atoms with Crippen molar-refractivity contribution in [1.29, 1.82) is 0 Å². The molecule has 0 amide bonds. The highest BCUT2D eigenvalue weighted by Crippen LogP contribution is 2.16. The van der Waals surface area contributed by atoms with Gasteiger partial charge in [-0.1, -0.05) is 13.0 Å². The van der Waals surface area contributed by atoms with Crippen LogP contribution in [0.3, 0.4) is 0 Å². The van der Waals surface area contributed by atoms with Crippen LogP contribution in [0.1, 0.15) is 29.4 Å². The van der Waals surface area contributed by atoms with Crippen LogP contribution in [-0.4, -0.2) is 46.8 Å². The van der Waals surface area contributed by atoms with E-state index in [0.29, 0.717) is 19.2 Å². The zero-order valence-corrected chi connectivity index (χ0v) is 10.5. The van der Waals surface area contributed by atoms with Gasteiger partial charge >= 0.3 is 5.97 Å². The fraction of sp³-hybridized carbons (Fsp3) is 0.538. The Bertz CT molecular complexity index is 422. The first kappa shape index (κ1) is 13.0. The number of carboxylic acid groups (broad SMARTS) is 1. The summed E-state index contributed by atoms with van der Waals surface area (Å²) in [6, 6.07) is 3.97. The number of hydrogen-bond donors (Lipinski definition) is 1. The molecule has 0 aromatic carbocycles. The van der Waals surface area contributed by atoms with Gasteiger partial charge in [-0.25, -0.2) is 9.78 Å². The highest BCUT2D eigenvalue weighted by Gasteiger charge is 2.23. The number of aromatic carboxylic acids is 1. The van der Waals surface area contributed by atoms with E-state index < -0.39 is 5.97 Å². The minimum Gasteiger partial charge on any atom is -0.477 e. The number of carboxylic acids is 1. The molecule has 1 aromatic heterocycles. The molecule has 0 radical (unpaired) electrons. The van der Waals surface area contributed by atoms with Crippen LogP contribution in [0.15, 0.2) is 18.3 Å². The molecule has 1 atom stereocenters. The maximum absolute atomic E-state index is 11.1. The van der Waals surface area contributed by atoms with Crippen molar-refractivity contribution < 1.29 is 14.6 Å². The summed E-state index contributed by atoms with van der Waals surface area (Å²) in [5, 5.41) is 9.11. The van der Waals surface area contributed by atoms with Crippen LogP contribution in [0.4, 0.5) is 0 Å². The van der Waals surface area contributed by atoms with Gasteiger partial charge < -0.3 is 9.84 Å². The molecule has 1 aliphatic rings. The third-order valence-corrected chi connectivity index (χ3v) is 3.29. The Morgan fingerprint density at radius 3 is 3.22 bits per heavy atom. The molecule has 2 rings (SSSR count). The molecule has 1 aliphatic heterocycles. The monoisotopic (exact) mass is 250 g/mol. The zero-order valence-electron chi connectivity index (χ0n) is 10.5. The van der Waals surface area contributed by atoms with Gasteiger partial charge in [-0.05, 0) is 18.1 Å². The standard InChI is InChI=1S/C13H18N2O3/c1-2-11-9-18-7-6-15(11)8-10-4-3-5-14-12(10)13(16)17/h3-5,11H,2,6-9H2,1H3,(H,16,17). The number of ether oxygens (including phenoxy) is 1. The van der Waals surface area contributed by atoms with Gasteiger partial charge in [0.15, 0.2) is 5.69 Å². The predicted molar refractivity (Wildman–Crippen MR) is 66.5 cm³/mol. The third kappa shape index (κ3) is 2.86. The maximum atomic E-state index is 11.1. The van der Waals surface area contributed by atoms with Crippen molar-refractivity contribution in [2.75, 3.05) is 19.8 Å². The van der Waals surface area contributed by atoms with Gasteiger partial charge in [0.25, 0.3) is 0 Å². The van der Waals surface area contributed by atoms with Crippen LogP contribution in [0, 0.1) is 0 Å². The minimum atomic E-state index is -0.966. The summed E-state index contributed by atoms with van der Waals surface area (Å²) < 4.78 is 5.45. The van der Waals surface area contributed by atoms with Crippen molar-refractivity contribution in [3.8, 4) is 0 Å². The molecule has 1 aromatic rings. The lowest BCUT2D eigenvalue weighted by Crippen LogP contribution is -2.44. The molecule has 5 heteroatoms. The fourth-order valence-electron chi connectivity index (χ4n) is 2.25. The Balaban J connectivity index is 2.15. The molecule has 0 spiro atoms. The second kappa shape index (κ2) is 5.93. The Hall–Kier alpha value is -1.46. The summed E-state index contributed by atoms with van der Waals surface area (Å²) in [5.74, 6) is -0.966. The number of aromatic nitrogens is 1. The predicted octanol–water partition coefficient (Wildman–Crippen LogP) is 1.39. The normalized spacial score (nSPS) is 20.8. The number of morpholine rings is 1. The van der Waals surface area contributed by atoms with Crippen molar-refractivity contribution in [1.82, 2.24) is 9.88 Å². The van der Waals surface area contributed by atoms with Crippen molar-refractivity contribution in [2.45, 2.75) is 25.9 Å². The van der Waals surface area contributed by atoms with Crippen LogP contribution in [0.25, 0.3) is 0 Å². The number of carbonyl (C=O) groups is 1. The van der Waals surface area contributed by atoms with Gasteiger partial charge in [0.2, 0.25) is 0 Å². The molecule has 1 unspecified atom stereocenters. The van der Waals surface area contributed by atoms with Crippen LogP contribution in [-0.2, 0) is 11.3 Å². The molecule has 5 nitrogen and oxygen atoms in total. The van der Waals surface area contributed by atoms with Crippen LogP contribution in [0.2, 0.25) is 0 Å². The van der Waals surface area contributed by atoms with E-state index in [1.54, 1.807) is 6.07 Å². The highest BCUT2D eigenvalue weighted by molar-refractivity contribution is 5.86. The largest absolute Gasteiger partial charge is 0.477 e. The first-order valence-corrected chi connectivity index (χ1v) is 6.21. The van der Waals surface area contributed by atoms with E-state index in [-0.39, 0.29) is 5.69 Å². The quantitative estimate of drug-likeness (QED) is 0.875. The summed E-state index contributed by atoms with van der Waals surface area (Å²) in [4.78, 5) is 17.3. The van der Waals surface area contributed by atoms with E-state index in [0.717, 1.165) is 25.1 Å². The Morgan fingerprint density at radius 2 is 2.50 bits per heavy atom. The maximum Gasteiger partial charge on any atom is 0.354 e. The lowest BCUT2D eigenvalue weighted by atomic mass is 10.1. The molecule has 2 heterocycles. The summed E-state index contributed by atoms with van der Waals surface area (Å²) in [5.41, 5.74) is 0.921. The lowest BCUT2D eigenvalue weighted by molar-refractivity contribution is -0.0129. The summed E-state index contributed by atoms with van der Waals surface area (Å²) >= 11 is 0. The SMILES string of the molecule is CCC1COCCN1Cc1cccnc1C(=O)O. The van der Waals surface area contributed by atoms with Crippen molar-refractivity contribution >= 4 is 5.97 Å². The highest BCUT2D eigenvalue weighted by atomic mass is 16.5. The Morgan fingerprint density at radius 1 is 1.67 bits per heavy atom. The van der Waals surface area contributed by atoms with Crippen LogP contribution < -0.4 is 0 Å². The van der Waals surface area contributed by atoms with E-state index in [4.69, 9.17) is 9.84 Å². The molecule has 98 valence electrons. The average molecular weight is 250 g/mol. The van der Waals surface area contributed by atoms with E-state index in [9.17, 15) is 4.79 Å². The summed E-state index contributed by atoms with van der Waals surface area (Å²) in [7, 11) is 0. The summed E-state index contributed by atoms with van der Waals surface area (Å²) in [6.07, 6.45) is 2.52. The van der Waals surface area contributed by atoms with Crippen molar-refractivity contribution in [3.63, 3.8) is 0 Å². The summed E-state index contributed by atoms with van der Waals surface area (Å²) in [6.45, 7) is 5.01. The minimum absolute atomic E-state index is 0.152. The zero-order chi connectivity index (χ0) is 13.0. The first-order valence-electron chi connectivity index (χ1n) is 6.21. The second-order valence-electron chi connectivity index (χ2n) is 4.42. The molecule has 18 heavy (non-hydrogen) atoms. The van der Waals surface area contributed by atoms with E-state index in [2.05, 4.69) is 16.8 Å². The Labute approximate surface area is 106 Å². The second-order valence-corrected chi connectivity index (χ2v) is 4.42. The van der Waals surface area contributed by atoms with E-state index >= 15 is 0 Å². The molecule has 1 fully saturated rings. The van der Waals surface area contributed by atoms with Gasteiger partial charge in [-0.3, -0.25) is 4.90 Å². The van der Waals surface area contributed by atoms with Gasteiger partial charge in [0.05, 0.1) is 13.2 Å². The van der Waals surface area contributed by atoms with Gasteiger partial charge in [-0.15, -0.1) is 0 Å². The number of hydrogen-bond acceptors (Lipinski definition) is 4. The molecule has 0 bridgehead atoms. The number of rotatable bonds is 4. The van der Waals surface area contributed by atoms with E-state index in [1.165, 1.54) is 6.20 Å². The third-order valence-electron chi connectivity index (χ3n) is 3.29.